The molecule has 0 aliphatic rings. The molecule has 1 rings (SSSR count). The molecule has 0 aliphatic heterocycles. The summed E-state index contributed by atoms with van der Waals surface area (Å²) in [7, 11) is 0. The first-order chi connectivity index (χ1) is 8.24. The van der Waals surface area contributed by atoms with Crippen LogP contribution in [0, 0.1) is 5.82 Å². The lowest BCUT2D eigenvalue weighted by molar-refractivity contribution is -0.140. The van der Waals surface area contributed by atoms with Crippen molar-refractivity contribution < 1.29 is 22.0 Å². The van der Waals surface area contributed by atoms with Gasteiger partial charge in [0.05, 0.1) is 5.56 Å². The quantitative estimate of drug-likeness (QED) is 0.826. The van der Waals surface area contributed by atoms with E-state index in [0.717, 1.165) is 6.07 Å². The zero-order chi connectivity index (χ0) is 14.0. The summed E-state index contributed by atoms with van der Waals surface area (Å²) >= 11 is 0. The first-order valence-electron chi connectivity index (χ1n) is 5.51. The maximum atomic E-state index is 14.3. The second kappa shape index (κ2) is 5.22. The number of hydrogen-bond acceptors (Lipinski definition) is 1. The average molecular weight is 267 g/mol. The Morgan fingerprint density at radius 1 is 1.17 bits per heavy atom. The van der Waals surface area contributed by atoms with Gasteiger partial charge in [0.1, 0.15) is 11.5 Å². The Balaban J connectivity index is 3.18. The number of alkyl halides is 4. The third-order valence-electron chi connectivity index (χ3n) is 2.76. The Bertz CT molecular complexity index is 415. The molecule has 1 aromatic rings. The molecule has 6 heteroatoms. The van der Waals surface area contributed by atoms with Gasteiger partial charge in [-0.3, -0.25) is 0 Å². The minimum atomic E-state index is -4.78. The minimum Gasteiger partial charge on any atom is -0.327 e. The Morgan fingerprint density at radius 2 is 1.78 bits per heavy atom. The molecule has 1 atom stereocenters. The monoisotopic (exact) mass is 267 g/mol. The molecule has 0 saturated heterocycles. The van der Waals surface area contributed by atoms with Crippen molar-refractivity contribution in [2.24, 2.45) is 5.73 Å². The van der Waals surface area contributed by atoms with Crippen LogP contribution in [0.25, 0.3) is 0 Å². The summed E-state index contributed by atoms with van der Waals surface area (Å²) in [5, 5.41) is 0. The summed E-state index contributed by atoms with van der Waals surface area (Å²) < 4.78 is 64.7. The van der Waals surface area contributed by atoms with Crippen molar-refractivity contribution in [2.45, 2.75) is 31.6 Å². The summed E-state index contributed by atoms with van der Waals surface area (Å²) in [6, 6.07) is 2.06. The summed E-state index contributed by atoms with van der Waals surface area (Å²) in [5.74, 6) is -1.48. The molecule has 0 fully saturated rings. The van der Waals surface area contributed by atoms with Gasteiger partial charge >= 0.3 is 6.18 Å². The van der Waals surface area contributed by atoms with Crippen molar-refractivity contribution in [3.05, 3.63) is 35.1 Å². The number of nitrogens with two attached hydrogens (primary N) is 1. The molecule has 0 spiro atoms. The molecule has 1 nitrogen and oxygen atoms in total. The third-order valence-corrected chi connectivity index (χ3v) is 2.76. The molecule has 1 aromatic carbocycles. The van der Waals surface area contributed by atoms with Crippen LogP contribution < -0.4 is 5.73 Å². The lowest BCUT2D eigenvalue weighted by Crippen LogP contribution is -2.30. The van der Waals surface area contributed by atoms with Crippen molar-refractivity contribution in [1.82, 2.24) is 0 Å². The van der Waals surface area contributed by atoms with Crippen LogP contribution in [-0.4, -0.2) is 6.54 Å². The summed E-state index contributed by atoms with van der Waals surface area (Å²) in [6.07, 6.45) is -4.29. The van der Waals surface area contributed by atoms with Crippen LogP contribution in [0.15, 0.2) is 18.2 Å². The van der Waals surface area contributed by atoms with Gasteiger partial charge in [-0.05, 0) is 24.1 Å². The summed E-state index contributed by atoms with van der Waals surface area (Å²) in [6.45, 7) is 1.32. The Labute approximate surface area is 102 Å². The highest BCUT2D eigenvalue weighted by Gasteiger charge is 2.36. The molecule has 0 aliphatic carbocycles. The van der Waals surface area contributed by atoms with Gasteiger partial charge in [-0.2, -0.15) is 13.2 Å². The van der Waals surface area contributed by atoms with E-state index >= 15 is 0 Å². The van der Waals surface area contributed by atoms with Crippen LogP contribution >= 0.6 is 0 Å². The van der Waals surface area contributed by atoms with Crippen LogP contribution in [0.4, 0.5) is 22.0 Å². The van der Waals surface area contributed by atoms with Gasteiger partial charge in [-0.1, -0.05) is 19.4 Å². The van der Waals surface area contributed by atoms with Gasteiger partial charge in [0, 0.05) is 6.54 Å². The molecular formula is C12H14F5N. The van der Waals surface area contributed by atoms with E-state index < -0.39 is 29.8 Å². The van der Waals surface area contributed by atoms with Crippen molar-refractivity contribution >= 4 is 0 Å². The van der Waals surface area contributed by atoms with E-state index in [1.54, 1.807) is 6.92 Å². The fourth-order valence-corrected chi connectivity index (χ4v) is 1.78. The SMILES string of the molecule is CCCC(F)(CN)c1ccc(C(F)(F)F)c(F)c1. The highest BCUT2D eigenvalue weighted by atomic mass is 19.4. The topological polar surface area (TPSA) is 26.0 Å². The van der Waals surface area contributed by atoms with E-state index in [9.17, 15) is 22.0 Å². The zero-order valence-corrected chi connectivity index (χ0v) is 9.82. The summed E-state index contributed by atoms with van der Waals surface area (Å²) in [5.41, 5.74) is 1.74. The van der Waals surface area contributed by atoms with Gasteiger partial charge in [-0.15, -0.1) is 0 Å². The smallest absolute Gasteiger partial charge is 0.327 e. The molecule has 18 heavy (non-hydrogen) atoms. The van der Waals surface area contributed by atoms with Crippen molar-refractivity contribution in [2.75, 3.05) is 6.54 Å². The largest absolute Gasteiger partial charge is 0.419 e. The van der Waals surface area contributed by atoms with E-state index in [1.807, 2.05) is 0 Å². The lowest BCUT2D eigenvalue weighted by atomic mass is 9.90. The van der Waals surface area contributed by atoms with Gasteiger partial charge in [0.25, 0.3) is 0 Å². The number of rotatable bonds is 4. The first-order valence-corrected chi connectivity index (χ1v) is 5.51. The first kappa shape index (κ1) is 14.9. The molecule has 0 radical (unpaired) electrons. The Morgan fingerprint density at radius 3 is 2.17 bits per heavy atom. The molecule has 0 bridgehead atoms. The maximum Gasteiger partial charge on any atom is 0.419 e. The van der Waals surface area contributed by atoms with E-state index in [2.05, 4.69) is 0 Å². The second-order valence-corrected chi connectivity index (χ2v) is 4.11. The second-order valence-electron chi connectivity index (χ2n) is 4.11. The highest BCUT2D eigenvalue weighted by molar-refractivity contribution is 5.30. The van der Waals surface area contributed by atoms with E-state index in [1.165, 1.54) is 0 Å². The average Bonchev–Trinajstić information content (AvgIpc) is 2.27. The van der Waals surface area contributed by atoms with Gasteiger partial charge in [0.2, 0.25) is 0 Å². The number of halogens is 5. The highest BCUT2D eigenvalue weighted by Crippen LogP contribution is 2.35. The number of benzene rings is 1. The van der Waals surface area contributed by atoms with Gasteiger partial charge in [0.15, 0.2) is 0 Å². The van der Waals surface area contributed by atoms with E-state index in [0.29, 0.717) is 18.6 Å². The van der Waals surface area contributed by atoms with Gasteiger partial charge < -0.3 is 5.73 Å². The van der Waals surface area contributed by atoms with Crippen LogP contribution in [-0.2, 0) is 11.8 Å². The molecule has 0 saturated carbocycles. The Kier molecular flexibility index (Phi) is 4.32. The van der Waals surface area contributed by atoms with E-state index in [-0.39, 0.29) is 12.0 Å². The van der Waals surface area contributed by atoms with Crippen LogP contribution in [0.3, 0.4) is 0 Å². The Hall–Kier alpha value is -1.17. The molecule has 2 N–H and O–H groups in total. The summed E-state index contributed by atoms with van der Waals surface area (Å²) in [4.78, 5) is 0. The molecule has 0 heterocycles. The van der Waals surface area contributed by atoms with Crippen LogP contribution in [0.2, 0.25) is 0 Å². The normalized spacial score (nSPS) is 15.5. The standard InChI is InChI=1S/C12H14F5N/c1-2-5-11(14,7-18)8-3-4-9(10(13)6-8)12(15,16)17/h3-4,6H,2,5,7,18H2,1H3. The molecule has 1 unspecified atom stereocenters. The zero-order valence-electron chi connectivity index (χ0n) is 9.82. The molecule has 0 amide bonds. The van der Waals surface area contributed by atoms with Crippen molar-refractivity contribution in [1.29, 1.82) is 0 Å². The van der Waals surface area contributed by atoms with Crippen molar-refractivity contribution in [3.63, 3.8) is 0 Å². The van der Waals surface area contributed by atoms with E-state index in [4.69, 9.17) is 5.73 Å². The predicted molar refractivity (Wildman–Crippen MR) is 58.2 cm³/mol. The van der Waals surface area contributed by atoms with Crippen molar-refractivity contribution in [3.8, 4) is 0 Å². The number of hydrogen-bond donors (Lipinski definition) is 1. The molecule has 102 valence electrons. The maximum absolute atomic E-state index is 14.3. The molecular weight excluding hydrogens is 253 g/mol. The lowest BCUT2D eigenvalue weighted by Gasteiger charge is -2.24. The minimum absolute atomic E-state index is 0.0360. The van der Waals surface area contributed by atoms with Crippen LogP contribution in [0.1, 0.15) is 30.9 Å². The fraction of sp³-hybridized carbons (Fsp3) is 0.500. The van der Waals surface area contributed by atoms with Gasteiger partial charge in [-0.25, -0.2) is 8.78 Å². The molecule has 0 aromatic heterocycles. The third kappa shape index (κ3) is 2.98. The predicted octanol–water partition coefficient (Wildman–Crippen LogP) is 3.77. The fourth-order valence-electron chi connectivity index (χ4n) is 1.78. The van der Waals surface area contributed by atoms with Crippen LogP contribution in [0.5, 0.6) is 0 Å².